The third-order valence-corrected chi connectivity index (χ3v) is 5.25. The SMILES string of the molecule is CNC1CCc2[nH]c3ccc(C(=O)NO)cc3c2C1.O=C1CC[C@H](C(=O)O)N1. The van der Waals surface area contributed by atoms with Gasteiger partial charge in [-0.2, -0.15) is 0 Å². The molecule has 1 saturated heterocycles. The van der Waals surface area contributed by atoms with Crippen LogP contribution >= 0.6 is 0 Å². The number of hydroxylamine groups is 1. The first-order valence-corrected chi connectivity index (χ1v) is 9.20. The minimum atomic E-state index is -0.944. The fourth-order valence-corrected chi connectivity index (χ4v) is 3.67. The lowest BCUT2D eigenvalue weighted by molar-refractivity contribution is -0.140. The van der Waals surface area contributed by atoms with Gasteiger partial charge in [0.2, 0.25) is 5.91 Å². The monoisotopic (exact) mass is 388 g/mol. The van der Waals surface area contributed by atoms with Crippen molar-refractivity contribution in [3.05, 3.63) is 35.0 Å². The van der Waals surface area contributed by atoms with Crippen LogP contribution in [0.2, 0.25) is 0 Å². The summed E-state index contributed by atoms with van der Waals surface area (Å²) in [6, 6.07) is 5.30. The van der Waals surface area contributed by atoms with E-state index in [1.807, 2.05) is 19.2 Å². The Balaban J connectivity index is 0.000000211. The molecule has 1 aliphatic carbocycles. The second-order valence-corrected chi connectivity index (χ2v) is 7.01. The van der Waals surface area contributed by atoms with Crippen molar-refractivity contribution in [1.82, 2.24) is 21.1 Å². The molecule has 0 bridgehead atoms. The average molecular weight is 388 g/mol. The number of carboxylic acid groups (broad SMARTS) is 1. The van der Waals surface area contributed by atoms with Gasteiger partial charge in [-0.05, 0) is 56.5 Å². The first kappa shape index (κ1) is 19.8. The summed E-state index contributed by atoms with van der Waals surface area (Å²) in [4.78, 5) is 35.4. The summed E-state index contributed by atoms with van der Waals surface area (Å²) in [7, 11) is 1.98. The van der Waals surface area contributed by atoms with Crippen LogP contribution in [-0.4, -0.2) is 52.2 Å². The standard InChI is InChI=1S/C14H17N3O2.C5H7NO3/c1-15-9-3-5-13-11(7-9)10-6-8(14(18)17-19)2-4-12(10)16-13;7-4-2-1-3(6-4)5(8)9/h2,4,6,9,15-16,19H,3,5,7H2,1H3,(H,17,18);3H,1-2H2,(H,6,7)(H,8,9)/t;3-/m.1/s1. The third-order valence-electron chi connectivity index (χ3n) is 5.25. The number of rotatable bonds is 3. The molecule has 1 unspecified atom stereocenters. The van der Waals surface area contributed by atoms with Crippen LogP contribution in [-0.2, 0) is 22.4 Å². The predicted molar refractivity (Wildman–Crippen MR) is 101 cm³/mol. The van der Waals surface area contributed by atoms with Crippen molar-refractivity contribution in [2.24, 2.45) is 0 Å². The Hall–Kier alpha value is -2.91. The van der Waals surface area contributed by atoms with E-state index < -0.39 is 17.9 Å². The van der Waals surface area contributed by atoms with Crippen molar-refractivity contribution >= 4 is 28.7 Å². The topological polar surface area (TPSA) is 144 Å². The number of aromatic nitrogens is 1. The van der Waals surface area contributed by atoms with Crippen LogP contribution in [0.25, 0.3) is 10.9 Å². The van der Waals surface area contributed by atoms with Crippen molar-refractivity contribution in [2.75, 3.05) is 7.05 Å². The number of aryl methyl sites for hydroxylation is 1. The van der Waals surface area contributed by atoms with Gasteiger partial charge in [0.1, 0.15) is 6.04 Å². The molecule has 2 atom stereocenters. The number of carbonyl (C=O) groups is 3. The van der Waals surface area contributed by atoms with Gasteiger partial charge in [0, 0.05) is 34.6 Å². The molecule has 0 radical (unpaired) electrons. The largest absolute Gasteiger partial charge is 0.480 e. The zero-order valence-electron chi connectivity index (χ0n) is 15.5. The molecule has 1 aromatic carbocycles. The van der Waals surface area contributed by atoms with Gasteiger partial charge in [0.05, 0.1) is 0 Å². The molecule has 2 amide bonds. The Bertz CT molecular complexity index is 907. The molecule has 0 saturated carbocycles. The molecular formula is C19H24N4O5. The lowest BCUT2D eigenvalue weighted by Crippen LogP contribution is -2.32. The number of carbonyl (C=O) groups excluding carboxylic acids is 2. The van der Waals surface area contributed by atoms with Crippen LogP contribution in [0.4, 0.5) is 0 Å². The zero-order valence-corrected chi connectivity index (χ0v) is 15.5. The highest BCUT2D eigenvalue weighted by molar-refractivity contribution is 5.98. The molecule has 1 aliphatic heterocycles. The number of carboxylic acids is 1. The van der Waals surface area contributed by atoms with Gasteiger partial charge in [-0.25, -0.2) is 10.3 Å². The summed E-state index contributed by atoms with van der Waals surface area (Å²) in [5.41, 5.74) is 5.76. The number of likely N-dealkylation sites (N-methyl/N-ethyl adjacent to an activating group) is 1. The van der Waals surface area contributed by atoms with Crippen molar-refractivity contribution in [3.8, 4) is 0 Å². The van der Waals surface area contributed by atoms with E-state index in [2.05, 4.69) is 15.6 Å². The normalized spacial score (nSPS) is 20.7. The summed E-state index contributed by atoms with van der Waals surface area (Å²) < 4.78 is 0. The van der Waals surface area contributed by atoms with E-state index in [4.69, 9.17) is 10.3 Å². The van der Waals surface area contributed by atoms with Crippen LogP contribution in [0.5, 0.6) is 0 Å². The zero-order chi connectivity index (χ0) is 20.3. The van der Waals surface area contributed by atoms with E-state index in [-0.39, 0.29) is 5.91 Å². The number of fused-ring (bicyclic) bond motifs is 3. The lowest BCUT2D eigenvalue weighted by atomic mass is 9.91. The maximum absolute atomic E-state index is 11.5. The van der Waals surface area contributed by atoms with Crippen molar-refractivity contribution < 1.29 is 24.7 Å². The predicted octanol–water partition coefficient (Wildman–Crippen LogP) is 0.713. The molecular weight excluding hydrogens is 364 g/mol. The Morgan fingerprint density at radius 3 is 2.57 bits per heavy atom. The van der Waals surface area contributed by atoms with Gasteiger partial charge >= 0.3 is 5.97 Å². The highest BCUT2D eigenvalue weighted by Gasteiger charge is 2.26. The first-order valence-electron chi connectivity index (χ1n) is 9.20. The van der Waals surface area contributed by atoms with Crippen LogP contribution < -0.4 is 16.1 Å². The van der Waals surface area contributed by atoms with Crippen LogP contribution in [0, 0.1) is 0 Å². The van der Waals surface area contributed by atoms with Gasteiger partial charge in [0.25, 0.3) is 5.91 Å². The van der Waals surface area contributed by atoms with Gasteiger partial charge in [-0.15, -0.1) is 0 Å². The summed E-state index contributed by atoms with van der Waals surface area (Å²) in [6.07, 6.45) is 3.89. The number of hydrogen-bond acceptors (Lipinski definition) is 5. The number of aromatic amines is 1. The Labute approximate surface area is 161 Å². The summed E-state index contributed by atoms with van der Waals surface area (Å²) in [6.45, 7) is 0. The Morgan fingerprint density at radius 2 is 2.00 bits per heavy atom. The smallest absolute Gasteiger partial charge is 0.326 e. The fraction of sp³-hybridized carbons (Fsp3) is 0.421. The Morgan fingerprint density at radius 1 is 1.21 bits per heavy atom. The maximum atomic E-state index is 11.5. The minimum absolute atomic E-state index is 0.164. The molecule has 6 N–H and O–H groups in total. The minimum Gasteiger partial charge on any atom is -0.480 e. The van der Waals surface area contributed by atoms with Gasteiger partial charge in [-0.1, -0.05) is 0 Å². The highest BCUT2D eigenvalue weighted by Crippen LogP contribution is 2.29. The molecule has 0 spiro atoms. The average Bonchev–Trinajstić information content (AvgIpc) is 3.30. The van der Waals surface area contributed by atoms with Crippen molar-refractivity contribution in [3.63, 3.8) is 0 Å². The molecule has 2 aromatic rings. The number of benzene rings is 1. The van der Waals surface area contributed by atoms with E-state index in [0.717, 1.165) is 30.2 Å². The van der Waals surface area contributed by atoms with Crippen molar-refractivity contribution in [2.45, 2.75) is 44.2 Å². The molecule has 9 heteroatoms. The number of hydrogen-bond donors (Lipinski definition) is 6. The van der Waals surface area contributed by atoms with E-state index in [9.17, 15) is 14.4 Å². The second-order valence-electron chi connectivity index (χ2n) is 7.01. The molecule has 2 heterocycles. The molecule has 4 rings (SSSR count). The lowest BCUT2D eigenvalue weighted by Gasteiger charge is -2.21. The summed E-state index contributed by atoms with van der Waals surface area (Å²) in [5.74, 6) is -1.58. The quantitative estimate of drug-likeness (QED) is 0.338. The number of amides is 2. The molecule has 1 fully saturated rings. The van der Waals surface area contributed by atoms with E-state index >= 15 is 0 Å². The third kappa shape index (κ3) is 4.15. The molecule has 150 valence electrons. The van der Waals surface area contributed by atoms with E-state index in [1.54, 1.807) is 11.5 Å². The van der Waals surface area contributed by atoms with Gasteiger partial charge in [-0.3, -0.25) is 14.8 Å². The van der Waals surface area contributed by atoms with Crippen LogP contribution in [0.1, 0.15) is 40.9 Å². The van der Waals surface area contributed by atoms with E-state index in [1.165, 1.54) is 11.3 Å². The molecule has 28 heavy (non-hydrogen) atoms. The van der Waals surface area contributed by atoms with Gasteiger partial charge < -0.3 is 20.7 Å². The first-order chi connectivity index (χ1) is 13.4. The molecule has 9 nitrogen and oxygen atoms in total. The van der Waals surface area contributed by atoms with E-state index in [0.29, 0.717) is 24.4 Å². The Kier molecular flexibility index (Phi) is 5.96. The fourth-order valence-electron chi connectivity index (χ4n) is 3.67. The number of aliphatic carboxylic acids is 1. The van der Waals surface area contributed by atoms with Crippen molar-refractivity contribution in [1.29, 1.82) is 0 Å². The molecule has 2 aliphatic rings. The molecule has 1 aromatic heterocycles. The second kappa shape index (κ2) is 8.41. The highest BCUT2D eigenvalue weighted by atomic mass is 16.5. The van der Waals surface area contributed by atoms with Gasteiger partial charge in [0.15, 0.2) is 0 Å². The number of nitrogens with one attached hydrogen (secondary N) is 4. The van der Waals surface area contributed by atoms with Crippen LogP contribution in [0.3, 0.4) is 0 Å². The number of H-pyrrole nitrogens is 1. The summed E-state index contributed by atoms with van der Waals surface area (Å²) >= 11 is 0. The van der Waals surface area contributed by atoms with Crippen LogP contribution in [0.15, 0.2) is 18.2 Å². The maximum Gasteiger partial charge on any atom is 0.326 e. The summed E-state index contributed by atoms with van der Waals surface area (Å²) in [5, 5.41) is 23.7.